The molecule has 0 aliphatic carbocycles. The Hall–Kier alpha value is -1.74. The molecule has 1 aromatic heterocycles. The molecule has 0 radical (unpaired) electrons. The summed E-state index contributed by atoms with van der Waals surface area (Å²) in [6.45, 7) is 5.57. The molecule has 3 N–H and O–H groups in total. The fourth-order valence-corrected chi connectivity index (χ4v) is 5.12. The number of aryl methyl sites for hydroxylation is 1. The van der Waals surface area contributed by atoms with E-state index in [-0.39, 0.29) is 23.2 Å². The number of hydrogen-bond donors (Lipinski definition) is 3. The summed E-state index contributed by atoms with van der Waals surface area (Å²) in [4.78, 5) is 24.2. The molecule has 1 amide bonds. The molecule has 2 atom stereocenters. The minimum absolute atomic E-state index is 0.233. The molecule has 0 bridgehead atoms. The predicted molar refractivity (Wildman–Crippen MR) is 109 cm³/mol. The summed E-state index contributed by atoms with van der Waals surface area (Å²) in [5, 5.41) is 19.6. The van der Waals surface area contributed by atoms with Crippen molar-refractivity contribution in [1.82, 2.24) is 15.8 Å². The number of thioether (sulfide) groups is 1. The van der Waals surface area contributed by atoms with Gasteiger partial charge in [-0.1, -0.05) is 34.4 Å². The van der Waals surface area contributed by atoms with Crippen LogP contribution in [0.3, 0.4) is 0 Å². The van der Waals surface area contributed by atoms with E-state index in [4.69, 9.17) is 27.7 Å². The first-order valence-electron chi connectivity index (χ1n) is 8.47. The molecule has 1 aromatic carbocycles. The molecule has 1 fully saturated rings. The monoisotopic (exact) mass is 443 g/mol. The van der Waals surface area contributed by atoms with Crippen molar-refractivity contribution in [3.05, 3.63) is 39.6 Å². The number of carboxylic acid groups (broad SMARTS) is 1. The van der Waals surface area contributed by atoms with Gasteiger partial charge in [0.15, 0.2) is 0 Å². The van der Waals surface area contributed by atoms with Crippen molar-refractivity contribution in [2.45, 2.75) is 36.9 Å². The smallest absolute Gasteiger partial charge is 0.322 e. The number of aromatic nitrogens is 1. The van der Waals surface area contributed by atoms with Crippen molar-refractivity contribution in [1.29, 1.82) is 0 Å². The summed E-state index contributed by atoms with van der Waals surface area (Å²) in [7, 11) is 0. The lowest BCUT2D eigenvalue weighted by Gasteiger charge is -2.20. The molecular weight excluding hydrogens is 425 g/mol. The second-order valence-electron chi connectivity index (χ2n) is 6.92. The third-order valence-corrected chi connectivity index (χ3v) is 6.54. The van der Waals surface area contributed by atoms with Crippen LogP contribution in [0.25, 0.3) is 11.3 Å². The first kappa shape index (κ1) is 21.0. The van der Waals surface area contributed by atoms with Crippen molar-refractivity contribution in [3.63, 3.8) is 0 Å². The number of carbonyl (C=O) groups excluding carboxylic acids is 1. The van der Waals surface area contributed by atoms with Crippen LogP contribution in [0.2, 0.25) is 10.0 Å². The molecule has 28 heavy (non-hydrogen) atoms. The number of halogens is 2. The molecule has 10 heteroatoms. The van der Waals surface area contributed by atoms with E-state index in [1.165, 1.54) is 11.8 Å². The van der Waals surface area contributed by atoms with Gasteiger partial charge in [0.05, 0.1) is 15.4 Å². The van der Waals surface area contributed by atoms with E-state index in [2.05, 4.69) is 15.8 Å². The fourth-order valence-electron chi connectivity index (χ4n) is 3.13. The maximum absolute atomic E-state index is 12.8. The summed E-state index contributed by atoms with van der Waals surface area (Å²) in [6, 6.07) is 4.31. The van der Waals surface area contributed by atoms with Crippen LogP contribution in [0.4, 0.5) is 0 Å². The number of aliphatic carboxylic acids is 1. The van der Waals surface area contributed by atoms with Crippen LogP contribution < -0.4 is 10.6 Å². The van der Waals surface area contributed by atoms with Crippen LogP contribution >= 0.6 is 35.0 Å². The molecule has 3 rings (SSSR count). The largest absolute Gasteiger partial charge is 0.480 e. The lowest BCUT2D eigenvalue weighted by Crippen LogP contribution is -2.46. The number of carbonyl (C=O) groups is 2. The van der Waals surface area contributed by atoms with Gasteiger partial charge in [0.2, 0.25) is 0 Å². The highest BCUT2D eigenvalue weighted by Gasteiger charge is 2.45. The van der Waals surface area contributed by atoms with Gasteiger partial charge in [-0.05, 0) is 32.9 Å². The van der Waals surface area contributed by atoms with E-state index in [1.54, 1.807) is 25.1 Å². The molecule has 150 valence electrons. The van der Waals surface area contributed by atoms with Crippen LogP contribution in [0.15, 0.2) is 22.7 Å². The van der Waals surface area contributed by atoms with Crippen LogP contribution in [-0.4, -0.2) is 44.8 Å². The molecular formula is C18H19Cl2N3O4S. The van der Waals surface area contributed by atoms with Crippen molar-refractivity contribution < 1.29 is 19.2 Å². The molecule has 7 nitrogen and oxygen atoms in total. The zero-order valence-corrected chi connectivity index (χ0v) is 17.7. The number of amides is 1. The lowest BCUT2D eigenvalue weighted by atomic mass is 10.0. The van der Waals surface area contributed by atoms with E-state index >= 15 is 0 Å². The fraction of sp³-hybridized carbons (Fsp3) is 0.389. The Morgan fingerprint density at radius 3 is 2.57 bits per heavy atom. The van der Waals surface area contributed by atoms with Gasteiger partial charge < -0.3 is 14.9 Å². The molecule has 1 saturated heterocycles. The van der Waals surface area contributed by atoms with E-state index in [1.807, 2.05) is 13.8 Å². The van der Waals surface area contributed by atoms with Crippen molar-refractivity contribution >= 4 is 46.8 Å². The van der Waals surface area contributed by atoms with Gasteiger partial charge in [-0.15, -0.1) is 11.8 Å². The molecule has 2 heterocycles. The predicted octanol–water partition coefficient (Wildman–Crippen LogP) is 3.58. The number of nitrogens with one attached hydrogen (secondary N) is 2. The van der Waals surface area contributed by atoms with Gasteiger partial charge >= 0.3 is 5.97 Å². The second kappa shape index (κ2) is 7.94. The number of hydrogen-bond acceptors (Lipinski definition) is 6. The Morgan fingerprint density at radius 2 is 2.00 bits per heavy atom. The molecule has 1 aliphatic heterocycles. The highest BCUT2D eigenvalue weighted by molar-refractivity contribution is 8.01. The molecule has 2 aromatic rings. The van der Waals surface area contributed by atoms with Gasteiger partial charge in [0, 0.05) is 16.9 Å². The third kappa shape index (κ3) is 4.00. The summed E-state index contributed by atoms with van der Waals surface area (Å²) in [6.07, 6.45) is 0. The van der Waals surface area contributed by atoms with Gasteiger partial charge in [-0.25, -0.2) is 0 Å². The van der Waals surface area contributed by atoms with Crippen LogP contribution in [0, 0.1) is 6.92 Å². The highest BCUT2D eigenvalue weighted by Crippen LogP contribution is 2.38. The maximum Gasteiger partial charge on any atom is 0.322 e. The Labute approximate surface area is 176 Å². The van der Waals surface area contributed by atoms with Gasteiger partial charge in [-0.3, -0.25) is 14.9 Å². The van der Waals surface area contributed by atoms with Crippen molar-refractivity contribution in [2.75, 3.05) is 6.54 Å². The SMILES string of the molecule is Cc1onc(-c2c(Cl)cccc2Cl)c1C(=O)NCC1N[C@@H](C(=O)O)C(C)(C)S1. The Kier molecular flexibility index (Phi) is 5.95. The normalized spacial score (nSPS) is 20.9. The lowest BCUT2D eigenvalue weighted by molar-refractivity contribution is -0.139. The average molecular weight is 444 g/mol. The molecule has 1 aliphatic rings. The topological polar surface area (TPSA) is 104 Å². The standard InChI is InChI=1S/C18H19Cl2N3O4S/c1-8-12(14(23-27-8)13-9(19)5-4-6-10(13)20)16(24)21-7-11-22-15(17(25)26)18(2,3)28-11/h4-6,11,15,22H,7H2,1-3H3,(H,21,24)(H,25,26)/t11?,15-/m0/s1. The third-order valence-electron chi connectivity index (χ3n) is 4.48. The van der Waals surface area contributed by atoms with Crippen LogP contribution in [0.1, 0.15) is 30.0 Å². The van der Waals surface area contributed by atoms with E-state index in [0.717, 1.165) is 0 Å². The highest BCUT2D eigenvalue weighted by atomic mass is 35.5. The van der Waals surface area contributed by atoms with Crippen molar-refractivity contribution in [2.24, 2.45) is 0 Å². The second-order valence-corrected chi connectivity index (χ2v) is 9.59. The van der Waals surface area contributed by atoms with E-state index in [9.17, 15) is 14.7 Å². The van der Waals surface area contributed by atoms with E-state index < -0.39 is 22.7 Å². The number of benzene rings is 1. The zero-order chi connectivity index (χ0) is 20.6. The summed E-state index contributed by atoms with van der Waals surface area (Å²) in [5.74, 6) is -0.986. The summed E-state index contributed by atoms with van der Waals surface area (Å²) >= 11 is 13.9. The quantitative estimate of drug-likeness (QED) is 0.648. The molecule has 0 spiro atoms. The van der Waals surface area contributed by atoms with Gasteiger partial charge in [0.1, 0.15) is 23.1 Å². The molecule has 0 saturated carbocycles. The molecule has 1 unspecified atom stereocenters. The Morgan fingerprint density at radius 1 is 1.36 bits per heavy atom. The summed E-state index contributed by atoms with van der Waals surface area (Å²) < 4.78 is 4.71. The van der Waals surface area contributed by atoms with Crippen LogP contribution in [-0.2, 0) is 4.79 Å². The van der Waals surface area contributed by atoms with Gasteiger partial charge in [0.25, 0.3) is 5.91 Å². The Bertz CT molecular complexity index is 911. The minimum Gasteiger partial charge on any atom is -0.480 e. The van der Waals surface area contributed by atoms with Crippen LogP contribution in [0.5, 0.6) is 0 Å². The number of carboxylic acids is 1. The maximum atomic E-state index is 12.8. The zero-order valence-electron chi connectivity index (χ0n) is 15.4. The van der Waals surface area contributed by atoms with Gasteiger partial charge in [-0.2, -0.15) is 0 Å². The first-order valence-corrected chi connectivity index (χ1v) is 10.1. The number of nitrogens with zero attached hydrogens (tertiary/aromatic N) is 1. The minimum atomic E-state index is -0.920. The first-order chi connectivity index (χ1) is 13.1. The summed E-state index contributed by atoms with van der Waals surface area (Å²) in [5.41, 5.74) is 0.932. The van der Waals surface area contributed by atoms with Crippen molar-refractivity contribution in [3.8, 4) is 11.3 Å². The number of rotatable bonds is 5. The van der Waals surface area contributed by atoms with E-state index in [0.29, 0.717) is 21.4 Å². The Balaban J connectivity index is 1.78. The average Bonchev–Trinajstić information content (AvgIpc) is 3.12.